The second-order valence-electron chi connectivity index (χ2n) is 5.07. The van der Waals surface area contributed by atoms with Crippen LogP contribution in [-0.4, -0.2) is 43.2 Å². The van der Waals surface area contributed by atoms with Gasteiger partial charge in [-0.3, -0.25) is 4.79 Å². The number of rotatable bonds is 2. The molecule has 2 unspecified atom stereocenters. The molecule has 0 radical (unpaired) electrons. The number of halogens is 1. The highest BCUT2D eigenvalue weighted by Gasteiger charge is 2.34. The van der Waals surface area contributed by atoms with E-state index in [9.17, 15) is 4.79 Å². The SMILES string of the molecule is CCC1c2ccsc2CCN1C(=O)C1CNCCO1.Cl. The third-order valence-corrected chi connectivity index (χ3v) is 4.96. The summed E-state index contributed by atoms with van der Waals surface area (Å²) in [4.78, 5) is 16.1. The van der Waals surface area contributed by atoms with Crippen LogP contribution in [0.25, 0.3) is 0 Å². The molecule has 1 fully saturated rings. The first kappa shape index (κ1) is 15.8. The molecule has 0 saturated carbocycles. The number of carbonyl (C=O) groups is 1. The Hall–Kier alpha value is -0.620. The molecule has 4 nitrogen and oxygen atoms in total. The minimum absolute atomic E-state index is 0. The molecule has 112 valence electrons. The average Bonchev–Trinajstić information content (AvgIpc) is 2.94. The lowest BCUT2D eigenvalue weighted by atomic mass is 9.97. The smallest absolute Gasteiger partial charge is 0.253 e. The van der Waals surface area contributed by atoms with Crippen LogP contribution in [-0.2, 0) is 16.0 Å². The van der Waals surface area contributed by atoms with Crippen molar-refractivity contribution in [3.63, 3.8) is 0 Å². The van der Waals surface area contributed by atoms with Gasteiger partial charge in [-0.25, -0.2) is 0 Å². The van der Waals surface area contributed by atoms with Gasteiger partial charge in [-0.1, -0.05) is 6.92 Å². The van der Waals surface area contributed by atoms with Crippen LogP contribution < -0.4 is 5.32 Å². The number of morpholine rings is 1. The summed E-state index contributed by atoms with van der Waals surface area (Å²) in [6.45, 7) is 5.09. The summed E-state index contributed by atoms with van der Waals surface area (Å²) in [5.74, 6) is 0.149. The lowest BCUT2D eigenvalue weighted by Gasteiger charge is -2.38. The predicted molar refractivity (Wildman–Crippen MR) is 82.6 cm³/mol. The summed E-state index contributed by atoms with van der Waals surface area (Å²) >= 11 is 1.81. The summed E-state index contributed by atoms with van der Waals surface area (Å²) in [5, 5.41) is 5.37. The molecule has 2 atom stereocenters. The molecule has 0 aromatic carbocycles. The quantitative estimate of drug-likeness (QED) is 0.907. The van der Waals surface area contributed by atoms with Crippen molar-refractivity contribution in [2.75, 3.05) is 26.2 Å². The number of hydrogen-bond donors (Lipinski definition) is 1. The summed E-state index contributed by atoms with van der Waals surface area (Å²) in [5.41, 5.74) is 1.34. The number of carbonyl (C=O) groups excluding carboxylic acids is 1. The van der Waals surface area contributed by atoms with Crippen LogP contribution in [0, 0.1) is 0 Å². The first-order valence-electron chi connectivity index (χ1n) is 7.00. The van der Waals surface area contributed by atoms with Crippen LogP contribution in [0.15, 0.2) is 11.4 Å². The van der Waals surface area contributed by atoms with E-state index < -0.39 is 0 Å². The molecule has 1 aromatic heterocycles. The van der Waals surface area contributed by atoms with Crippen molar-refractivity contribution in [1.29, 1.82) is 0 Å². The van der Waals surface area contributed by atoms with Gasteiger partial charge in [0.25, 0.3) is 5.91 Å². The molecule has 0 spiro atoms. The van der Waals surface area contributed by atoms with Crippen LogP contribution in [0.1, 0.15) is 29.8 Å². The van der Waals surface area contributed by atoms with Crippen LogP contribution >= 0.6 is 23.7 Å². The lowest BCUT2D eigenvalue weighted by Crippen LogP contribution is -2.51. The van der Waals surface area contributed by atoms with Gasteiger partial charge in [-0.05, 0) is 29.9 Å². The van der Waals surface area contributed by atoms with Gasteiger partial charge < -0.3 is 15.0 Å². The Morgan fingerprint density at radius 1 is 1.60 bits per heavy atom. The molecule has 1 amide bonds. The van der Waals surface area contributed by atoms with Crippen molar-refractivity contribution in [1.82, 2.24) is 10.2 Å². The van der Waals surface area contributed by atoms with Crippen LogP contribution in [0.4, 0.5) is 0 Å². The van der Waals surface area contributed by atoms with E-state index in [1.54, 1.807) is 0 Å². The van der Waals surface area contributed by atoms with Crippen molar-refractivity contribution in [3.8, 4) is 0 Å². The van der Waals surface area contributed by atoms with Gasteiger partial charge in [0, 0.05) is 24.5 Å². The fourth-order valence-electron chi connectivity index (χ4n) is 3.01. The Labute approximate surface area is 129 Å². The largest absolute Gasteiger partial charge is 0.366 e. The Bertz CT molecular complexity index is 460. The zero-order chi connectivity index (χ0) is 13.2. The molecule has 1 N–H and O–H groups in total. The minimum Gasteiger partial charge on any atom is -0.366 e. The van der Waals surface area contributed by atoms with Gasteiger partial charge in [-0.15, -0.1) is 23.7 Å². The summed E-state index contributed by atoms with van der Waals surface area (Å²) < 4.78 is 5.60. The standard InChI is InChI=1S/C14H20N2O2S.ClH/c1-2-11-10-4-8-19-13(10)3-6-16(11)14(17)12-9-15-5-7-18-12;/h4,8,11-12,15H,2-3,5-7,9H2,1H3;1H. The number of ether oxygens (including phenoxy) is 1. The van der Waals surface area contributed by atoms with E-state index in [-0.39, 0.29) is 30.5 Å². The zero-order valence-corrected chi connectivity index (χ0v) is 13.3. The first-order valence-corrected chi connectivity index (χ1v) is 7.88. The molecule has 2 aliphatic rings. The highest BCUT2D eigenvalue weighted by atomic mass is 35.5. The lowest BCUT2D eigenvalue weighted by molar-refractivity contribution is -0.148. The Morgan fingerprint density at radius 2 is 2.45 bits per heavy atom. The van der Waals surface area contributed by atoms with Gasteiger partial charge >= 0.3 is 0 Å². The van der Waals surface area contributed by atoms with Crippen molar-refractivity contribution in [2.45, 2.75) is 31.9 Å². The number of amides is 1. The van der Waals surface area contributed by atoms with E-state index in [1.807, 2.05) is 16.2 Å². The molecular weight excluding hydrogens is 296 g/mol. The third kappa shape index (κ3) is 2.86. The maximum Gasteiger partial charge on any atom is 0.253 e. The molecular formula is C14H21ClN2O2S. The summed E-state index contributed by atoms with van der Waals surface area (Å²) in [7, 11) is 0. The molecule has 0 bridgehead atoms. The highest BCUT2D eigenvalue weighted by molar-refractivity contribution is 7.10. The van der Waals surface area contributed by atoms with E-state index in [4.69, 9.17) is 4.74 Å². The van der Waals surface area contributed by atoms with Crippen molar-refractivity contribution in [3.05, 3.63) is 21.9 Å². The fraction of sp³-hybridized carbons (Fsp3) is 0.643. The molecule has 6 heteroatoms. The highest BCUT2D eigenvalue weighted by Crippen LogP contribution is 2.35. The number of hydrogen-bond acceptors (Lipinski definition) is 4. The molecule has 1 saturated heterocycles. The van der Waals surface area contributed by atoms with E-state index in [2.05, 4.69) is 23.7 Å². The van der Waals surface area contributed by atoms with Crippen LogP contribution in [0.5, 0.6) is 0 Å². The number of nitrogens with zero attached hydrogens (tertiary/aromatic N) is 1. The minimum atomic E-state index is -0.303. The van der Waals surface area contributed by atoms with Gasteiger partial charge in [0.2, 0.25) is 0 Å². The Balaban J connectivity index is 0.00000147. The van der Waals surface area contributed by atoms with Crippen LogP contribution in [0.3, 0.4) is 0 Å². The molecule has 20 heavy (non-hydrogen) atoms. The molecule has 3 rings (SSSR count). The molecule has 0 aliphatic carbocycles. The summed E-state index contributed by atoms with van der Waals surface area (Å²) in [6.07, 6.45) is 1.65. The molecule has 1 aromatic rings. The second kappa shape index (κ2) is 6.89. The Kier molecular flexibility index (Phi) is 5.43. The van der Waals surface area contributed by atoms with Gasteiger partial charge in [0.05, 0.1) is 12.6 Å². The normalized spacial score (nSPS) is 25.8. The summed E-state index contributed by atoms with van der Waals surface area (Å²) in [6, 6.07) is 2.40. The van der Waals surface area contributed by atoms with E-state index in [0.29, 0.717) is 13.2 Å². The fourth-order valence-corrected chi connectivity index (χ4v) is 3.94. The average molecular weight is 317 g/mol. The number of fused-ring (bicyclic) bond motifs is 1. The van der Waals surface area contributed by atoms with Crippen LogP contribution in [0.2, 0.25) is 0 Å². The first-order chi connectivity index (χ1) is 9.31. The van der Waals surface area contributed by atoms with Gasteiger partial charge in [0.15, 0.2) is 0 Å². The predicted octanol–water partition coefficient (Wildman–Crippen LogP) is 1.99. The number of nitrogens with one attached hydrogen (secondary N) is 1. The van der Waals surface area contributed by atoms with Gasteiger partial charge in [0.1, 0.15) is 6.10 Å². The van der Waals surface area contributed by atoms with E-state index >= 15 is 0 Å². The second-order valence-corrected chi connectivity index (χ2v) is 6.07. The zero-order valence-electron chi connectivity index (χ0n) is 11.6. The van der Waals surface area contributed by atoms with E-state index in [1.165, 1.54) is 10.4 Å². The maximum absolute atomic E-state index is 12.6. The number of thiophene rings is 1. The van der Waals surface area contributed by atoms with Crippen molar-refractivity contribution >= 4 is 29.7 Å². The van der Waals surface area contributed by atoms with Crippen molar-refractivity contribution < 1.29 is 9.53 Å². The molecule has 2 aliphatic heterocycles. The Morgan fingerprint density at radius 3 is 3.15 bits per heavy atom. The third-order valence-electron chi connectivity index (χ3n) is 3.97. The maximum atomic E-state index is 12.6. The van der Waals surface area contributed by atoms with Gasteiger partial charge in [-0.2, -0.15) is 0 Å². The van der Waals surface area contributed by atoms with Crippen molar-refractivity contribution in [2.24, 2.45) is 0 Å². The van der Waals surface area contributed by atoms with E-state index in [0.717, 1.165) is 25.9 Å². The monoisotopic (exact) mass is 316 g/mol. The molecule has 3 heterocycles. The topological polar surface area (TPSA) is 41.6 Å².